The lowest BCUT2D eigenvalue weighted by atomic mass is 10.2. The summed E-state index contributed by atoms with van der Waals surface area (Å²) >= 11 is 0. The first-order valence-corrected chi connectivity index (χ1v) is 9.43. The van der Waals surface area contributed by atoms with E-state index in [9.17, 15) is 0 Å². The van der Waals surface area contributed by atoms with E-state index in [0.29, 0.717) is 0 Å². The molecule has 0 atom stereocenters. The van der Waals surface area contributed by atoms with Gasteiger partial charge in [-0.3, -0.25) is 0 Å². The van der Waals surface area contributed by atoms with Crippen LogP contribution in [0, 0.1) is 0 Å². The molecule has 0 amide bonds. The quantitative estimate of drug-likeness (QED) is 0.375. The molecule has 28 heavy (non-hydrogen) atoms. The highest BCUT2D eigenvalue weighted by atomic mass is 15.4. The first-order valence-electron chi connectivity index (χ1n) is 9.43. The molecule has 0 spiro atoms. The molecule has 0 aliphatic rings. The lowest BCUT2D eigenvalue weighted by molar-refractivity contribution is 0.819. The molecule has 3 heteroatoms. The lowest BCUT2D eigenvalue weighted by Gasteiger charge is -2.36. The zero-order valence-electron chi connectivity index (χ0n) is 15.6. The van der Waals surface area contributed by atoms with Crippen LogP contribution in [0.3, 0.4) is 0 Å². The molecule has 0 fully saturated rings. The van der Waals surface area contributed by atoms with Crippen molar-refractivity contribution in [1.82, 2.24) is 0 Å². The number of anilines is 4. The fourth-order valence-electron chi connectivity index (χ4n) is 3.17. The number of nitrogens with one attached hydrogen (secondary N) is 2. The lowest BCUT2D eigenvalue weighted by Crippen LogP contribution is -2.44. The van der Waals surface area contributed by atoms with Gasteiger partial charge >= 0.3 is 0 Å². The number of nitrogens with zero attached hydrogens (tertiary/aromatic N) is 1. The summed E-state index contributed by atoms with van der Waals surface area (Å²) < 4.78 is 0. The Balaban J connectivity index is 1.76. The molecule has 0 bridgehead atoms. The van der Waals surface area contributed by atoms with Crippen LogP contribution in [0.15, 0.2) is 121 Å². The number of para-hydroxylation sites is 4. The smallest absolute Gasteiger partial charge is 0.180 e. The fourth-order valence-corrected chi connectivity index (χ4v) is 3.17. The Morgan fingerprint density at radius 1 is 0.429 bits per heavy atom. The number of benzene rings is 4. The maximum Gasteiger partial charge on any atom is 0.180 e. The third-order valence-corrected chi connectivity index (χ3v) is 4.48. The Morgan fingerprint density at radius 3 is 1.11 bits per heavy atom. The molecule has 0 heterocycles. The molecule has 4 aromatic carbocycles. The van der Waals surface area contributed by atoms with Crippen LogP contribution in [0.25, 0.3) is 0 Å². The summed E-state index contributed by atoms with van der Waals surface area (Å²) in [5.41, 5.74) is 4.30. The highest BCUT2D eigenvalue weighted by Gasteiger charge is 2.20. The molecule has 0 saturated carbocycles. The molecular formula is C25H23N3. The van der Waals surface area contributed by atoms with Crippen LogP contribution in [-0.2, 0) is 0 Å². The zero-order valence-corrected chi connectivity index (χ0v) is 15.6. The highest BCUT2D eigenvalue weighted by Crippen LogP contribution is 2.29. The normalized spacial score (nSPS) is 10.5. The Kier molecular flexibility index (Phi) is 5.54. The van der Waals surface area contributed by atoms with Crippen LogP contribution < -0.4 is 15.5 Å². The Morgan fingerprint density at radius 2 is 0.750 bits per heavy atom. The van der Waals surface area contributed by atoms with E-state index >= 15 is 0 Å². The molecule has 0 aromatic heterocycles. The van der Waals surface area contributed by atoms with E-state index in [2.05, 4.69) is 88.3 Å². The van der Waals surface area contributed by atoms with Crippen molar-refractivity contribution < 1.29 is 0 Å². The van der Waals surface area contributed by atoms with Gasteiger partial charge in [-0.2, -0.15) is 0 Å². The molecule has 0 radical (unpaired) electrons. The molecule has 2 N–H and O–H groups in total. The van der Waals surface area contributed by atoms with Crippen molar-refractivity contribution in [1.29, 1.82) is 0 Å². The summed E-state index contributed by atoms with van der Waals surface area (Å²) in [7, 11) is 0. The maximum atomic E-state index is 3.64. The van der Waals surface area contributed by atoms with E-state index in [4.69, 9.17) is 0 Å². The van der Waals surface area contributed by atoms with E-state index in [1.807, 2.05) is 48.5 Å². The second-order valence-electron chi connectivity index (χ2n) is 6.46. The third-order valence-electron chi connectivity index (χ3n) is 4.48. The molecule has 3 nitrogen and oxygen atoms in total. The minimum atomic E-state index is -0.186. The summed E-state index contributed by atoms with van der Waals surface area (Å²) in [6.45, 7) is 0. The molecular weight excluding hydrogens is 342 g/mol. The van der Waals surface area contributed by atoms with Crippen LogP contribution in [0.1, 0.15) is 0 Å². The van der Waals surface area contributed by atoms with Gasteiger partial charge in [0.2, 0.25) is 0 Å². The Bertz CT molecular complexity index is 877. The topological polar surface area (TPSA) is 27.3 Å². The SMILES string of the molecule is c1ccc(NC(Nc2ccccc2)N(c2ccccc2)c2ccccc2)cc1. The van der Waals surface area contributed by atoms with Crippen LogP contribution in [0.2, 0.25) is 0 Å². The van der Waals surface area contributed by atoms with Crippen molar-refractivity contribution in [2.75, 3.05) is 15.5 Å². The van der Waals surface area contributed by atoms with Crippen molar-refractivity contribution in [3.8, 4) is 0 Å². The van der Waals surface area contributed by atoms with Gasteiger partial charge in [0.25, 0.3) is 0 Å². The molecule has 0 saturated heterocycles. The minimum Gasteiger partial charge on any atom is -0.348 e. The molecule has 0 aliphatic heterocycles. The number of hydrogen-bond donors (Lipinski definition) is 2. The minimum absolute atomic E-state index is 0.186. The van der Waals surface area contributed by atoms with Gasteiger partial charge in [0.1, 0.15) is 0 Å². The molecule has 4 rings (SSSR count). The monoisotopic (exact) mass is 365 g/mol. The van der Waals surface area contributed by atoms with Gasteiger partial charge in [0.05, 0.1) is 0 Å². The van der Waals surface area contributed by atoms with Gasteiger partial charge in [0.15, 0.2) is 6.29 Å². The van der Waals surface area contributed by atoms with Crippen LogP contribution in [0.4, 0.5) is 22.7 Å². The summed E-state index contributed by atoms with van der Waals surface area (Å²) in [5.74, 6) is 0. The first kappa shape index (κ1) is 17.7. The van der Waals surface area contributed by atoms with E-state index < -0.39 is 0 Å². The van der Waals surface area contributed by atoms with Crippen molar-refractivity contribution in [2.24, 2.45) is 0 Å². The predicted octanol–water partition coefficient (Wildman–Crippen LogP) is 6.33. The standard InChI is InChI=1S/C25H23N3/c1-5-13-21(14-6-1)26-25(27-22-15-7-2-8-16-22)28(23-17-9-3-10-18-23)24-19-11-4-12-20-24/h1-20,25-27H. The van der Waals surface area contributed by atoms with Crippen LogP contribution in [-0.4, -0.2) is 6.29 Å². The average Bonchev–Trinajstić information content (AvgIpc) is 2.77. The van der Waals surface area contributed by atoms with Crippen molar-refractivity contribution in [3.05, 3.63) is 121 Å². The van der Waals surface area contributed by atoms with E-state index in [1.54, 1.807) is 0 Å². The van der Waals surface area contributed by atoms with Gasteiger partial charge in [-0.25, -0.2) is 0 Å². The van der Waals surface area contributed by atoms with Gasteiger partial charge in [0, 0.05) is 22.7 Å². The van der Waals surface area contributed by atoms with Crippen LogP contribution in [0.5, 0.6) is 0 Å². The Hall–Kier alpha value is -3.72. The summed E-state index contributed by atoms with van der Waals surface area (Å²) in [5, 5.41) is 7.28. The maximum absolute atomic E-state index is 3.64. The van der Waals surface area contributed by atoms with E-state index in [0.717, 1.165) is 22.7 Å². The van der Waals surface area contributed by atoms with E-state index in [1.165, 1.54) is 0 Å². The van der Waals surface area contributed by atoms with Crippen molar-refractivity contribution >= 4 is 22.7 Å². The van der Waals surface area contributed by atoms with Crippen molar-refractivity contribution in [2.45, 2.75) is 6.29 Å². The summed E-state index contributed by atoms with van der Waals surface area (Å²) in [6, 6.07) is 41.3. The van der Waals surface area contributed by atoms with Crippen LogP contribution >= 0.6 is 0 Å². The second-order valence-corrected chi connectivity index (χ2v) is 6.46. The number of rotatable bonds is 7. The Labute approximate surface area is 166 Å². The fraction of sp³-hybridized carbons (Fsp3) is 0.0400. The molecule has 0 unspecified atom stereocenters. The van der Waals surface area contributed by atoms with Gasteiger partial charge in [-0.05, 0) is 48.5 Å². The van der Waals surface area contributed by atoms with Crippen molar-refractivity contribution in [3.63, 3.8) is 0 Å². The average molecular weight is 365 g/mol. The van der Waals surface area contributed by atoms with Gasteiger partial charge < -0.3 is 15.5 Å². The largest absolute Gasteiger partial charge is 0.348 e. The van der Waals surface area contributed by atoms with Gasteiger partial charge in [-0.15, -0.1) is 0 Å². The molecule has 4 aromatic rings. The second kappa shape index (κ2) is 8.78. The number of hydrogen-bond acceptors (Lipinski definition) is 3. The first-order chi connectivity index (χ1) is 13.9. The van der Waals surface area contributed by atoms with E-state index in [-0.39, 0.29) is 6.29 Å². The zero-order chi connectivity index (χ0) is 19.0. The molecule has 138 valence electrons. The highest BCUT2D eigenvalue weighted by molar-refractivity contribution is 5.67. The summed E-state index contributed by atoms with van der Waals surface area (Å²) in [4.78, 5) is 2.26. The predicted molar refractivity (Wildman–Crippen MR) is 119 cm³/mol. The summed E-state index contributed by atoms with van der Waals surface area (Å²) in [6.07, 6.45) is -0.186. The van der Waals surface area contributed by atoms with Gasteiger partial charge in [-0.1, -0.05) is 72.8 Å². The molecule has 0 aliphatic carbocycles. The third kappa shape index (κ3) is 4.33.